The molecule has 1 N–H and O–H groups in total. The van der Waals surface area contributed by atoms with Gasteiger partial charge in [-0.1, -0.05) is 12.1 Å². The highest BCUT2D eigenvalue weighted by Gasteiger charge is 2.27. The summed E-state index contributed by atoms with van der Waals surface area (Å²) < 4.78 is 12.8. The van der Waals surface area contributed by atoms with Crippen molar-refractivity contribution in [2.75, 3.05) is 12.4 Å². The van der Waals surface area contributed by atoms with Crippen molar-refractivity contribution >= 4 is 23.3 Å². The summed E-state index contributed by atoms with van der Waals surface area (Å²) in [5.74, 6) is 2.25. The Morgan fingerprint density at radius 1 is 1.30 bits per heavy atom. The van der Waals surface area contributed by atoms with Crippen LogP contribution in [-0.4, -0.2) is 42.8 Å². The summed E-state index contributed by atoms with van der Waals surface area (Å²) in [6.07, 6.45) is 4.75. The third kappa shape index (κ3) is 4.65. The van der Waals surface area contributed by atoms with E-state index in [1.54, 1.807) is 13.4 Å². The molecule has 0 unspecified atom stereocenters. The SMILES string of the molecule is COc1cccc(-c2nnc(Sc3ncc([N+](=O)[O-])c(NC4CC4)n3)n2Cc2ccco2)c1. The minimum Gasteiger partial charge on any atom is -0.497 e. The number of benzene rings is 1. The molecule has 0 radical (unpaired) electrons. The lowest BCUT2D eigenvalue weighted by molar-refractivity contribution is -0.384. The van der Waals surface area contributed by atoms with Gasteiger partial charge in [0.1, 0.15) is 17.7 Å². The van der Waals surface area contributed by atoms with Crippen molar-refractivity contribution < 1.29 is 14.1 Å². The van der Waals surface area contributed by atoms with Gasteiger partial charge < -0.3 is 14.5 Å². The Morgan fingerprint density at radius 3 is 2.91 bits per heavy atom. The Balaban J connectivity index is 1.51. The summed E-state index contributed by atoms with van der Waals surface area (Å²) in [5.41, 5.74) is 0.668. The number of nitrogens with zero attached hydrogens (tertiary/aromatic N) is 6. The molecular formula is C21H19N7O4S. The van der Waals surface area contributed by atoms with Crippen molar-refractivity contribution in [3.63, 3.8) is 0 Å². The molecule has 3 heterocycles. The van der Waals surface area contributed by atoms with Crippen LogP contribution in [-0.2, 0) is 6.54 Å². The minimum absolute atomic E-state index is 0.152. The van der Waals surface area contributed by atoms with E-state index < -0.39 is 4.92 Å². The zero-order chi connectivity index (χ0) is 22.8. The van der Waals surface area contributed by atoms with Gasteiger partial charge in [0.25, 0.3) is 0 Å². The van der Waals surface area contributed by atoms with Crippen molar-refractivity contribution in [1.82, 2.24) is 24.7 Å². The highest BCUT2D eigenvalue weighted by atomic mass is 32.2. The number of nitro groups is 1. The highest BCUT2D eigenvalue weighted by Crippen LogP contribution is 2.33. The summed E-state index contributed by atoms with van der Waals surface area (Å²) in [4.78, 5) is 19.5. The van der Waals surface area contributed by atoms with Crippen LogP contribution in [0.25, 0.3) is 11.4 Å². The second kappa shape index (κ2) is 8.90. The number of ether oxygens (including phenoxy) is 1. The maximum Gasteiger partial charge on any atom is 0.329 e. The number of rotatable bonds is 9. The van der Waals surface area contributed by atoms with Gasteiger partial charge in [-0.25, -0.2) is 4.98 Å². The van der Waals surface area contributed by atoms with E-state index in [-0.39, 0.29) is 17.5 Å². The van der Waals surface area contributed by atoms with Gasteiger partial charge in [-0.05, 0) is 48.9 Å². The van der Waals surface area contributed by atoms with Crippen molar-refractivity contribution in [3.8, 4) is 17.1 Å². The number of aromatic nitrogens is 5. The molecule has 1 aliphatic rings. The van der Waals surface area contributed by atoms with Gasteiger partial charge >= 0.3 is 5.69 Å². The Kier molecular flexibility index (Phi) is 5.65. The van der Waals surface area contributed by atoms with Crippen LogP contribution in [0, 0.1) is 10.1 Å². The first-order valence-corrected chi connectivity index (χ1v) is 11.0. The van der Waals surface area contributed by atoms with Gasteiger partial charge in [0.2, 0.25) is 5.82 Å². The molecular weight excluding hydrogens is 446 g/mol. The molecule has 0 amide bonds. The second-order valence-electron chi connectivity index (χ2n) is 7.37. The first kappa shape index (κ1) is 20.9. The van der Waals surface area contributed by atoms with Crippen LogP contribution in [0.4, 0.5) is 11.5 Å². The standard InChI is InChI=1S/C21H19N7O4S/c1-31-15-5-2-4-13(10-15)19-25-26-21(27(19)12-16-6-3-9-32-16)33-20-22-11-17(28(29)30)18(24-20)23-14-7-8-14/h2-6,9-11,14H,7-8,12H2,1H3,(H,22,23,24). The zero-order valence-corrected chi connectivity index (χ0v) is 18.4. The lowest BCUT2D eigenvalue weighted by Crippen LogP contribution is -2.08. The molecule has 12 heteroatoms. The third-order valence-electron chi connectivity index (χ3n) is 4.98. The molecule has 1 fully saturated rings. The lowest BCUT2D eigenvalue weighted by atomic mass is 10.2. The van der Waals surface area contributed by atoms with Gasteiger partial charge in [0.15, 0.2) is 16.1 Å². The molecule has 0 saturated heterocycles. The summed E-state index contributed by atoms with van der Waals surface area (Å²) in [5, 5.41) is 24.1. The summed E-state index contributed by atoms with van der Waals surface area (Å²) in [6.45, 7) is 0.384. The smallest absolute Gasteiger partial charge is 0.329 e. The number of furan rings is 1. The summed E-state index contributed by atoms with van der Waals surface area (Å²) in [6, 6.07) is 11.4. The average molecular weight is 465 g/mol. The summed E-state index contributed by atoms with van der Waals surface area (Å²) >= 11 is 1.18. The first-order valence-electron chi connectivity index (χ1n) is 10.2. The molecule has 1 aliphatic carbocycles. The van der Waals surface area contributed by atoms with E-state index in [4.69, 9.17) is 9.15 Å². The van der Waals surface area contributed by atoms with E-state index in [0.717, 1.165) is 24.2 Å². The highest BCUT2D eigenvalue weighted by molar-refractivity contribution is 7.99. The van der Waals surface area contributed by atoms with E-state index in [9.17, 15) is 10.1 Å². The molecule has 1 aromatic carbocycles. The number of nitrogens with one attached hydrogen (secondary N) is 1. The fourth-order valence-corrected chi connectivity index (χ4v) is 3.94. The lowest BCUT2D eigenvalue weighted by Gasteiger charge is -2.10. The predicted molar refractivity (Wildman–Crippen MR) is 119 cm³/mol. The number of hydrogen-bond donors (Lipinski definition) is 1. The fraction of sp³-hybridized carbons (Fsp3) is 0.238. The Morgan fingerprint density at radius 2 is 2.18 bits per heavy atom. The van der Waals surface area contributed by atoms with Crippen LogP contribution < -0.4 is 10.1 Å². The van der Waals surface area contributed by atoms with Crippen LogP contribution in [0.1, 0.15) is 18.6 Å². The van der Waals surface area contributed by atoms with Crippen LogP contribution in [0.5, 0.6) is 5.75 Å². The van der Waals surface area contributed by atoms with Crippen molar-refractivity contribution in [2.24, 2.45) is 0 Å². The van der Waals surface area contributed by atoms with Crippen LogP contribution >= 0.6 is 11.8 Å². The fourth-order valence-electron chi connectivity index (χ4n) is 3.19. The van der Waals surface area contributed by atoms with E-state index in [2.05, 4.69) is 25.5 Å². The number of methoxy groups -OCH3 is 1. The number of hydrogen-bond acceptors (Lipinski definition) is 10. The molecule has 11 nitrogen and oxygen atoms in total. The van der Waals surface area contributed by atoms with Gasteiger partial charge in [0.05, 0.1) is 24.8 Å². The maximum atomic E-state index is 11.4. The Hall–Kier alpha value is -3.93. The molecule has 4 aromatic rings. The van der Waals surface area contributed by atoms with Gasteiger partial charge in [-0.3, -0.25) is 14.7 Å². The molecule has 33 heavy (non-hydrogen) atoms. The largest absolute Gasteiger partial charge is 0.497 e. The molecule has 0 atom stereocenters. The predicted octanol–water partition coefficient (Wildman–Crippen LogP) is 4.02. The van der Waals surface area contributed by atoms with Gasteiger partial charge in [0, 0.05) is 11.6 Å². The minimum atomic E-state index is -0.487. The normalized spacial score (nSPS) is 13.1. The van der Waals surface area contributed by atoms with Crippen molar-refractivity contribution in [2.45, 2.75) is 35.7 Å². The Labute approximate surface area is 192 Å². The molecule has 5 rings (SSSR count). The molecule has 0 spiro atoms. The second-order valence-corrected chi connectivity index (χ2v) is 8.30. The monoisotopic (exact) mass is 465 g/mol. The van der Waals surface area contributed by atoms with Crippen LogP contribution in [0.3, 0.4) is 0 Å². The number of anilines is 1. The first-order chi connectivity index (χ1) is 16.1. The van der Waals surface area contributed by atoms with Gasteiger partial charge in [-0.2, -0.15) is 4.98 Å². The van der Waals surface area contributed by atoms with Crippen molar-refractivity contribution in [3.05, 3.63) is 64.7 Å². The summed E-state index contributed by atoms with van der Waals surface area (Å²) in [7, 11) is 1.60. The molecule has 168 valence electrons. The quantitative estimate of drug-likeness (QED) is 0.219. The van der Waals surface area contributed by atoms with E-state index >= 15 is 0 Å². The third-order valence-corrected chi connectivity index (χ3v) is 5.85. The Bertz CT molecular complexity index is 1290. The van der Waals surface area contributed by atoms with Crippen LogP contribution in [0.15, 0.2) is 63.6 Å². The molecule has 1 saturated carbocycles. The van der Waals surface area contributed by atoms with E-state index in [1.165, 1.54) is 18.0 Å². The maximum absolute atomic E-state index is 11.4. The van der Waals surface area contributed by atoms with Crippen molar-refractivity contribution in [1.29, 1.82) is 0 Å². The molecule has 0 bridgehead atoms. The molecule has 3 aromatic heterocycles. The van der Waals surface area contributed by atoms with E-state index in [0.29, 0.717) is 28.4 Å². The molecule has 0 aliphatic heterocycles. The van der Waals surface area contributed by atoms with Gasteiger partial charge in [-0.15, -0.1) is 10.2 Å². The van der Waals surface area contributed by atoms with E-state index in [1.807, 2.05) is 41.0 Å². The van der Waals surface area contributed by atoms with Crippen LogP contribution in [0.2, 0.25) is 0 Å². The average Bonchev–Trinajstić information content (AvgIpc) is 3.32. The topological polar surface area (TPSA) is 134 Å². The zero-order valence-electron chi connectivity index (χ0n) is 17.5.